The molecule has 5 heteroatoms. The second-order valence-electron chi connectivity index (χ2n) is 5.25. The van der Waals surface area contributed by atoms with Crippen LogP contribution in [0.3, 0.4) is 0 Å². The molecule has 0 spiro atoms. The second-order valence-corrected chi connectivity index (χ2v) is 5.25. The Kier molecular flexibility index (Phi) is 6.46. The third-order valence-electron chi connectivity index (χ3n) is 3.37. The second kappa shape index (κ2) is 7.62. The molecule has 0 bridgehead atoms. The van der Waals surface area contributed by atoms with Crippen molar-refractivity contribution >= 4 is 24.0 Å². The summed E-state index contributed by atoms with van der Waals surface area (Å²) < 4.78 is 5.35. The van der Waals surface area contributed by atoms with Crippen LogP contribution < -0.4 is 10.6 Å². The molecule has 20 heavy (non-hydrogen) atoms. The van der Waals surface area contributed by atoms with Crippen molar-refractivity contribution in [2.75, 3.05) is 25.1 Å². The fraction of sp³-hybridized carbons (Fsp3) is 0.533. The van der Waals surface area contributed by atoms with Gasteiger partial charge in [0.15, 0.2) is 0 Å². The van der Waals surface area contributed by atoms with Crippen LogP contribution >= 0.6 is 12.4 Å². The van der Waals surface area contributed by atoms with Gasteiger partial charge in [-0.05, 0) is 31.9 Å². The number of aryl methyl sites for hydroxylation is 3. The van der Waals surface area contributed by atoms with Gasteiger partial charge in [-0.2, -0.15) is 0 Å². The molecule has 1 aliphatic heterocycles. The lowest BCUT2D eigenvalue weighted by atomic mass is 10.0. The summed E-state index contributed by atoms with van der Waals surface area (Å²) in [4.78, 5) is 12.1. The highest BCUT2D eigenvalue weighted by Gasteiger charge is 2.17. The van der Waals surface area contributed by atoms with Crippen LogP contribution in [0, 0.1) is 20.8 Å². The van der Waals surface area contributed by atoms with Crippen molar-refractivity contribution in [2.24, 2.45) is 0 Å². The summed E-state index contributed by atoms with van der Waals surface area (Å²) in [5.74, 6) is 0.0399. The van der Waals surface area contributed by atoms with Crippen LogP contribution in [-0.4, -0.2) is 31.7 Å². The molecule has 1 aliphatic rings. The first-order valence-corrected chi connectivity index (χ1v) is 6.75. The molecule has 1 amide bonds. The molecule has 112 valence electrons. The van der Waals surface area contributed by atoms with E-state index >= 15 is 0 Å². The summed E-state index contributed by atoms with van der Waals surface area (Å²) in [6.45, 7) is 8.28. The number of amides is 1. The number of ether oxygens (including phenoxy) is 1. The standard InChI is InChI=1S/C15H22N2O2.ClH/c1-10-6-11(2)15(12(3)7-10)17-14(18)8-13-9-19-5-4-16-13;/h6-7,13,16H,4-5,8-9H2,1-3H3,(H,17,18);1H. The number of benzene rings is 1. The highest BCUT2D eigenvalue weighted by Crippen LogP contribution is 2.22. The van der Waals surface area contributed by atoms with E-state index in [4.69, 9.17) is 4.74 Å². The summed E-state index contributed by atoms with van der Waals surface area (Å²) in [6.07, 6.45) is 0.451. The van der Waals surface area contributed by atoms with Gasteiger partial charge in [0.05, 0.1) is 13.2 Å². The normalized spacial score (nSPS) is 18.2. The van der Waals surface area contributed by atoms with Crippen LogP contribution in [-0.2, 0) is 9.53 Å². The molecule has 1 atom stereocenters. The zero-order valence-electron chi connectivity index (χ0n) is 12.3. The molecular formula is C15H23ClN2O2. The van der Waals surface area contributed by atoms with Crippen LogP contribution in [0.5, 0.6) is 0 Å². The summed E-state index contributed by atoms with van der Waals surface area (Å²) in [5.41, 5.74) is 4.38. The maximum atomic E-state index is 12.1. The van der Waals surface area contributed by atoms with Crippen molar-refractivity contribution in [3.63, 3.8) is 0 Å². The molecule has 0 aliphatic carbocycles. The first-order valence-electron chi connectivity index (χ1n) is 6.75. The molecule has 1 aromatic rings. The molecule has 1 fully saturated rings. The van der Waals surface area contributed by atoms with Crippen LogP contribution in [0.25, 0.3) is 0 Å². The van der Waals surface area contributed by atoms with Gasteiger partial charge in [0.25, 0.3) is 0 Å². The van der Waals surface area contributed by atoms with Gasteiger partial charge in [0, 0.05) is 24.7 Å². The van der Waals surface area contributed by atoms with Gasteiger partial charge in [-0.15, -0.1) is 12.4 Å². The lowest BCUT2D eigenvalue weighted by molar-refractivity contribution is -0.117. The van der Waals surface area contributed by atoms with Gasteiger partial charge in [-0.1, -0.05) is 17.7 Å². The zero-order chi connectivity index (χ0) is 13.8. The largest absolute Gasteiger partial charge is 0.378 e. The fourth-order valence-electron chi connectivity index (χ4n) is 2.54. The van der Waals surface area contributed by atoms with E-state index in [0.29, 0.717) is 13.0 Å². The smallest absolute Gasteiger partial charge is 0.226 e. The molecule has 4 nitrogen and oxygen atoms in total. The SMILES string of the molecule is Cc1cc(C)c(NC(=O)CC2COCCN2)c(C)c1.Cl. The molecule has 2 N–H and O–H groups in total. The topological polar surface area (TPSA) is 50.4 Å². The summed E-state index contributed by atoms with van der Waals surface area (Å²) >= 11 is 0. The highest BCUT2D eigenvalue weighted by molar-refractivity contribution is 5.92. The van der Waals surface area contributed by atoms with Crippen LogP contribution in [0.2, 0.25) is 0 Å². The Bertz CT molecular complexity index is 448. The predicted molar refractivity (Wildman–Crippen MR) is 83.8 cm³/mol. The van der Waals surface area contributed by atoms with E-state index < -0.39 is 0 Å². The van der Waals surface area contributed by atoms with Crippen LogP contribution in [0.1, 0.15) is 23.1 Å². The van der Waals surface area contributed by atoms with Gasteiger partial charge >= 0.3 is 0 Å². The zero-order valence-corrected chi connectivity index (χ0v) is 13.1. The Labute approximate surface area is 126 Å². The summed E-state index contributed by atoms with van der Waals surface area (Å²) in [7, 11) is 0. The molecule has 1 heterocycles. The first-order chi connectivity index (χ1) is 9.06. The number of halogens is 1. The van der Waals surface area contributed by atoms with Gasteiger partial charge in [0.2, 0.25) is 5.91 Å². The van der Waals surface area contributed by atoms with Crippen molar-refractivity contribution in [3.05, 3.63) is 28.8 Å². The number of nitrogens with one attached hydrogen (secondary N) is 2. The van der Waals surface area contributed by atoms with Crippen molar-refractivity contribution in [1.82, 2.24) is 5.32 Å². The number of anilines is 1. The van der Waals surface area contributed by atoms with Gasteiger partial charge in [0.1, 0.15) is 0 Å². The summed E-state index contributed by atoms with van der Waals surface area (Å²) in [6, 6.07) is 4.30. The van der Waals surface area contributed by atoms with E-state index in [1.807, 2.05) is 13.8 Å². The Morgan fingerprint density at radius 3 is 2.55 bits per heavy atom. The molecule has 2 rings (SSSR count). The number of carbonyl (C=O) groups excluding carboxylic acids is 1. The monoisotopic (exact) mass is 298 g/mol. The minimum atomic E-state index is 0. The molecule has 0 aromatic heterocycles. The Morgan fingerprint density at radius 1 is 1.35 bits per heavy atom. The quantitative estimate of drug-likeness (QED) is 0.900. The number of hydrogen-bond acceptors (Lipinski definition) is 3. The minimum Gasteiger partial charge on any atom is -0.378 e. The molecule has 1 aromatic carbocycles. The highest BCUT2D eigenvalue weighted by atomic mass is 35.5. The number of hydrogen-bond donors (Lipinski definition) is 2. The number of morpholine rings is 1. The molecule has 1 unspecified atom stereocenters. The van der Waals surface area contributed by atoms with E-state index in [2.05, 4.69) is 29.7 Å². The average Bonchev–Trinajstić information content (AvgIpc) is 2.35. The van der Waals surface area contributed by atoms with Crippen molar-refractivity contribution < 1.29 is 9.53 Å². The molecule has 0 saturated carbocycles. The lowest BCUT2D eigenvalue weighted by Gasteiger charge is -2.23. The molecule has 1 saturated heterocycles. The van der Waals surface area contributed by atoms with Gasteiger partial charge in [-0.25, -0.2) is 0 Å². The van der Waals surface area contributed by atoms with E-state index in [9.17, 15) is 4.79 Å². The average molecular weight is 299 g/mol. The van der Waals surface area contributed by atoms with Crippen molar-refractivity contribution in [2.45, 2.75) is 33.2 Å². The number of carbonyl (C=O) groups is 1. The first kappa shape index (κ1) is 17.0. The maximum absolute atomic E-state index is 12.1. The Morgan fingerprint density at radius 2 is 2.00 bits per heavy atom. The van der Waals surface area contributed by atoms with Crippen LogP contribution in [0.4, 0.5) is 5.69 Å². The van der Waals surface area contributed by atoms with Crippen molar-refractivity contribution in [1.29, 1.82) is 0 Å². The van der Waals surface area contributed by atoms with Gasteiger partial charge in [-0.3, -0.25) is 4.79 Å². The third-order valence-corrected chi connectivity index (χ3v) is 3.37. The molecule has 0 radical (unpaired) electrons. The third kappa shape index (κ3) is 4.47. The molecular weight excluding hydrogens is 276 g/mol. The minimum absolute atomic E-state index is 0. The van der Waals surface area contributed by atoms with E-state index in [-0.39, 0.29) is 24.4 Å². The number of rotatable bonds is 3. The Balaban J connectivity index is 0.00000200. The predicted octanol–water partition coefficient (Wildman–Crippen LogP) is 2.35. The van der Waals surface area contributed by atoms with E-state index in [0.717, 1.165) is 30.0 Å². The van der Waals surface area contributed by atoms with E-state index in [1.54, 1.807) is 0 Å². The fourth-order valence-corrected chi connectivity index (χ4v) is 2.54. The van der Waals surface area contributed by atoms with Crippen molar-refractivity contribution in [3.8, 4) is 0 Å². The van der Waals surface area contributed by atoms with Gasteiger partial charge < -0.3 is 15.4 Å². The lowest BCUT2D eigenvalue weighted by Crippen LogP contribution is -2.43. The van der Waals surface area contributed by atoms with Crippen LogP contribution in [0.15, 0.2) is 12.1 Å². The Hall–Kier alpha value is -1.10. The summed E-state index contributed by atoms with van der Waals surface area (Å²) in [5, 5.41) is 6.31. The van der Waals surface area contributed by atoms with E-state index in [1.165, 1.54) is 5.56 Å². The maximum Gasteiger partial charge on any atom is 0.226 e.